The first-order valence-corrected chi connectivity index (χ1v) is 8.65. The molecule has 1 N–H and O–H groups in total. The van der Waals surface area contributed by atoms with Crippen LogP contribution >= 0.6 is 35.0 Å². The second-order valence-electron chi connectivity index (χ2n) is 4.86. The third kappa shape index (κ3) is 5.61. The standard InChI is InChI=1S/C16H12Cl2F3NOS/c17-11-3-1-10(2-4-11)8-24-9-15(23)22-14-6-5-12(18)7-13(14)16(19,20)21/h1-7H,8-9H2,(H,22,23). The summed E-state index contributed by atoms with van der Waals surface area (Å²) in [6.45, 7) is 0. The van der Waals surface area contributed by atoms with Gasteiger partial charge in [0.15, 0.2) is 0 Å². The number of carbonyl (C=O) groups is 1. The number of hydrogen-bond acceptors (Lipinski definition) is 2. The van der Waals surface area contributed by atoms with Gasteiger partial charge < -0.3 is 5.32 Å². The smallest absolute Gasteiger partial charge is 0.325 e. The number of hydrogen-bond donors (Lipinski definition) is 1. The Morgan fingerprint density at radius 1 is 1.04 bits per heavy atom. The van der Waals surface area contributed by atoms with E-state index in [1.54, 1.807) is 12.1 Å². The van der Waals surface area contributed by atoms with E-state index >= 15 is 0 Å². The van der Waals surface area contributed by atoms with Crippen molar-refractivity contribution < 1.29 is 18.0 Å². The van der Waals surface area contributed by atoms with Crippen LogP contribution < -0.4 is 5.32 Å². The van der Waals surface area contributed by atoms with Gasteiger partial charge in [0, 0.05) is 15.8 Å². The van der Waals surface area contributed by atoms with Crippen molar-refractivity contribution in [2.75, 3.05) is 11.1 Å². The second kappa shape index (κ2) is 8.14. The molecule has 0 aliphatic heterocycles. The summed E-state index contributed by atoms with van der Waals surface area (Å²) in [4.78, 5) is 11.9. The molecule has 2 nitrogen and oxygen atoms in total. The molecule has 0 aliphatic carbocycles. The summed E-state index contributed by atoms with van der Waals surface area (Å²) in [5, 5.41) is 2.85. The molecule has 0 saturated carbocycles. The van der Waals surface area contributed by atoms with Gasteiger partial charge in [0.1, 0.15) is 0 Å². The van der Waals surface area contributed by atoms with Gasteiger partial charge in [-0.3, -0.25) is 4.79 Å². The Balaban J connectivity index is 1.94. The largest absolute Gasteiger partial charge is 0.418 e. The average Bonchev–Trinajstić information content (AvgIpc) is 2.50. The molecular formula is C16H12Cl2F3NOS. The van der Waals surface area contributed by atoms with Crippen LogP contribution in [0.4, 0.5) is 18.9 Å². The molecule has 0 spiro atoms. The number of carbonyl (C=O) groups excluding carboxylic acids is 1. The van der Waals surface area contributed by atoms with Crippen LogP contribution in [0.3, 0.4) is 0 Å². The molecule has 1 amide bonds. The number of alkyl halides is 3. The van der Waals surface area contributed by atoms with E-state index in [0.717, 1.165) is 17.7 Å². The summed E-state index contributed by atoms with van der Waals surface area (Å²) < 4.78 is 38.9. The molecule has 0 heterocycles. The zero-order valence-electron chi connectivity index (χ0n) is 12.2. The predicted molar refractivity (Wildman–Crippen MR) is 92.7 cm³/mol. The minimum atomic E-state index is -4.59. The number of benzene rings is 2. The third-order valence-electron chi connectivity index (χ3n) is 2.98. The van der Waals surface area contributed by atoms with E-state index in [2.05, 4.69) is 5.32 Å². The maximum atomic E-state index is 13.0. The highest BCUT2D eigenvalue weighted by molar-refractivity contribution is 7.99. The minimum Gasteiger partial charge on any atom is -0.325 e. The van der Waals surface area contributed by atoms with Gasteiger partial charge in [-0.15, -0.1) is 11.8 Å². The monoisotopic (exact) mass is 393 g/mol. The molecule has 0 aromatic heterocycles. The lowest BCUT2D eigenvalue weighted by Crippen LogP contribution is -2.18. The molecule has 24 heavy (non-hydrogen) atoms. The molecule has 8 heteroatoms. The molecule has 0 fully saturated rings. The number of halogens is 5. The van der Waals surface area contributed by atoms with Crippen molar-refractivity contribution >= 4 is 46.6 Å². The fraction of sp³-hybridized carbons (Fsp3) is 0.188. The molecule has 2 aromatic rings. The number of amides is 1. The van der Waals surface area contributed by atoms with E-state index in [0.29, 0.717) is 10.8 Å². The number of rotatable bonds is 5. The first-order chi connectivity index (χ1) is 11.3. The molecule has 0 bridgehead atoms. The van der Waals surface area contributed by atoms with Crippen LogP contribution in [0.25, 0.3) is 0 Å². The summed E-state index contributed by atoms with van der Waals surface area (Å²) in [6, 6.07) is 10.4. The SMILES string of the molecule is O=C(CSCc1ccc(Cl)cc1)Nc1ccc(Cl)cc1C(F)(F)F. The Morgan fingerprint density at radius 2 is 1.67 bits per heavy atom. The van der Waals surface area contributed by atoms with E-state index < -0.39 is 17.6 Å². The lowest BCUT2D eigenvalue weighted by molar-refractivity contribution is -0.137. The Hall–Kier alpha value is -1.37. The van der Waals surface area contributed by atoms with Crippen LogP contribution in [0.15, 0.2) is 42.5 Å². The van der Waals surface area contributed by atoms with Crippen LogP contribution in [0.1, 0.15) is 11.1 Å². The average molecular weight is 394 g/mol. The van der Waals surface area contributed by atoms with Crippen LogP contribution in [-0.2, 0) is 16.7 Å². The lowest BCUT2D eigenvalue weighted by Gasteiger charge is -2.14. The number of nitrogens with one attached hydrogen (secondary N) is 1. The molecule has 0 aliphatic rings. The second-order valence-corrected chi connectivity index (χ2v) is 6.71. The first-order valence-electron chi connectivity index (χ1n) is 6.74. The van der Waals surface area contributed by atoms with E-state index in [1.807, 2.05) is 12.1 Å². The topological polar surface area (TPSA) is 29.1 Å². The Labute approximate surface area is 151 Å². The van der Waals surface area contributed by atoms with Gasteiger partial charge in [-0.25, -0.2) is 0 Å². The van der Waals surface area contributed by atoms with Crippen molar-refractivity contribution in [1.82, 2.24) is 0 Å². The Bertz CT molecular complexity index is 720. The molecular weight excluding hydrogens is 382 g/mol. The van der Waals surface area contributed by atoms with E-state index in [-0.39, 0.29) is 16.5 Å². The number of anilines is 1. The van der Waals surface area contributed by atoms with Crippen molar-refractivity contribution in [1.29, 1.82) is 0 Å². The van der Waals surface area contributed by atoms with Crippen molar-refractivity contribution in [3.05, 3.63) is 63.6 Å². The van der Waals surface area contributed by atoms with Gasteiger partial charge in [-0.05, 0) is 35.9 Å². The first kappa shape index (κ1) is 19.0. The van der Waals surface area contributed by atoms with Crippen LogP contribution in [0, 0.1) is 0 Å². The summed E-state index contributed by atoms with van der Waals surface area (Å²) in [5.74, 6) is 0.0710. The van der Waals surface area contributed by atoms with E-state index in [4.69, 9.17) is 23.2 Å². The van der Waals surface area contributed by atoms with Gasteiger partial charge >= 0.3 is 6.18 Å². The number of thioether (sulfide) groups is 1. The molecule has 2 aromatic carbocycles. The van der Waals surface area contributed by atoms with Crippen molar-refractivity contribution in [3.8, 4) is 0 Å². The van der Waals surface area contributed by atoms with Crippen molar-refractivity contribution in [2.45, 2.75) is 11.9 Å². The van der Waals surface area contributed by atoms with Gasteiger partial charge in [0.05, 0.1) is 17.0 Å². The van der Waals surface area contributed by atoms with Gasteiger partial charge in [0.25, 0.3) is 0 Å². The summed E-state index contributed by atoms with van der Waals surface area (Å²) >= 11 is 12.7. The normalized spacial score (nSPS) is 11.4. The summed E-state index contributed by atoms with van der Waals surface area (Å²) in [6.07, 6.45) is -4.59. The fourth-order valence-corrected chi connectivity index (χ4v) is 2.97. The molecule has 0 saturated heterocycles. The molecule has 128 valence electrons. The van der Waals surface area contributed by atoms with Crippen molar-refractivity contribution in [3.63, 3.8) is 0 Å². The van der Waals surface area contributed by atoms with Gasteiger partial charge in [-0.1, -0.05) is 35.3 Å². The Kier molecular flexibility index (Phi) is 6.43. The zero-order chi connectivity index (χ0) is 17.7. The van der Waals surface area contributed by atoms with Crippen LogP contribution in [0.5, 0.6) is 0 Å². The van der Waals surface area contributed by atoms with Crippen LogP contribution in [-0.4, -0.2) is 11.7 Å². The zero-order valence-corrected chi connectivity index (χ0v) is 14.5. The maximum absolute atomic E-state index is 13.0. The highest BCUT2D eigenvalue weighted by Gasteiger charge is 2.34. The van der Waals surface area contributed by atoms with E-state index in [9.17, 15) is 18.0 Å². The van der Waals surface area contributed by atoms with Crippen molar-refractivity contribution in [2.24, 2.45) is 0 Å². The highest BCUT2D eigenvalue weighted by atomic mass is 35.5. The highest BCUT2D eigenvalue weighted by Crippen LogP contribution is 2.36. The molecule has 2 rings (SSSR count). The summed E-state index contributed by atoms with van der Waals surface area (Å²) in [5.41, 5.74) is -0.297. The third-order valence-corrected chi connectivity index (χ3v) is 4.47. The quantitative estimate of drug-likeness (QED) is 0.686. The predicted octanol–water partition coefficient (Wildman–Crippen LogP) is 5.88. The van der Waals surface area contributed by atoms with Gasteiger partial charge in [-0.2, -0.15) is 13.2 Å². The maximum Gasteiger partial charge on any atom is 0.418 e. The molecule has 0 atom stereocenters. The summed E-state index contributed by atoms with van der Waals surface area (Å²) in [7, 11) is 0. The molecule has 0 unspecified atom stereocenters. The van der Waals surface area contributed by atoms with Crippen LogP contribution in [0.2, 0.25) is 10.0 Å². The van der Waals surface area contributed by atoms with E-state index in [1.165, 1.54) is 17.8 Å². The Morgan fingerprint density at radius 3 is 2.29 bits per heavy atom. The fourth-order valence-electron chi connectivity index (χ4n) is 1.89. The minimum absolute atomic E-state index is 0.0303. The molecule has 0 radical (unpaired) electrons. The van der Waals surface area contributed by atoms with Gasteiger partial charge in [0.2, 0.25) is 5.91 Å². The lowest BCUT2D eigenvalue weighted by atomic mass is 10.1.